The van der Waals surface area contributed by atoms with E-state index in [4.69, 9.17) is 28.5 Å². The maximum atomic E-state index is 12.0. The van der Waals surface area contributed by atoms with Crippen molar-refractivity contribution in [2.24, 2.45) is 0 Å². The van der Waals surface area contributed by atoms with Crippen molar-refractivity contribution in [3.05, 3.63) is 57.8 Å². The molecule has 2 aromatic rings. The highest BCUT2D eigenvalue weighted by Crippen LogP contribution is 2.24. The van der Waals surface area contributed by atoms with Crippen LogP contribution in [-0.4, -0.2) is 10.9 Å². The Balaban J connectivity index is 2.25. The van der Waals surface area contributed by atoms with Crippen molar-refractivity contribution in [3.8, 4) is 6.07 Å². The molecule has 2 rings (SSSR count). The van der Waals surface area contributed by atoms with E-state index in [9.17, 15) is 4.79 Å². The number of carbonyl (C=O) groups excluding carboxylic acids is 1. The molecule has 0 aliphatic rings. The predicted molar refractivity (Wildman–Crippen MR) is 73.4 cm³/mol. The van der Waals surface area contributed by atoms with Crippen LogP contribution >= 0.6 is 23.2 Å². The van der Waals surface area contributed by atoms with Gasteiger partial charge in [0.1, 0.15) is 0 Å². The molecule has 19 heavy (non-hydrogen) atoms. The lowest BCUT2D eigenvalue weighted by atomic mass is 10.2. The first kappa shape index (κ1) is 13.3. The molecular weight excluding hydrogens is 285 g/mol. The van der Waals surface area contributed by atoms with E-state index in [0.29, 0.717) is 16.8 Å². The second-order valence-corrected chi connectivity index (χ2v) is 4.43. The number of aromatic nitrogens is 1. The van der Waals surface area contributed by atoms with Crippen molar-refractivity contribution in [3.63, 3.8) is 0 Å². The summed E-state index contributed by atoms with van der Waals surface area (Å²) in [5, 5.41) is 11.9. The molecule has 0 fully saturated rings. The molecule has 1 N–H and O–H groups in total. The van der Waals surface area contributed by atoms with Crippen molar-refractivity contribution in [2.45, 2.75) is 0 Å². The molecule has 0 aliphatic carbocycles. The first-order valence-corrected chi connectivity index (χ1v) is 5.98. The van der Waals surface area contributed by atoms with Gasteiger partial charge < -0.3 is 5.32 Å². The zero-order chi connectivity index (χ0) is 13.8. The number of benzene rings is 1. The molecule has 0 bridgehead atoms. The minimum Gasteiger partial charge on any atom is -0.321 e. The number of hydrogen-bond donors (Lipinski definition) is 1. The molecule has 1 aromatic heterocycles. The maximum Gasteiger partial charge on any atom is 0.257 e. The van der Waals surface area contributed by atoms with Gasteiger partial charge in [0.2, 0.25) is 0 Å². The monoisotopic (exact) mass is 291 g/mol. The summed E-state index contributed by atoms with van der Waals surface area (Å²) in [4.78, 5) is 15.8. The van der Waals surface area contributed by atoms with Crippen LogP contribution in [-0.2, 0) is 0 Å². The molecule has 4 nitrogen and oxygen atoms in total. The Bertz CT molecular complexity index is 680. The quantitative estimate of drug-likeness (QED) is 0.921. The van der Waals surface area contributed by atoms with Gasteiger partial charge in [0, 0.05) is 12.4 Å². The van der Waals surface area contributed by atoms with Crippen LogP contribution in [0.3, 0.4) is 0 Å². The van der Waals surface area contributed by atoms with Gasteiger partial charge in [-0.1, -0.05) is 23.2 Å². The van der Waals surface area contributed by atoms with Crippen LogP contribution < -0.4 is 5.32 Å². The molecule has 6 heteroatoms. The van der Waals surface area contributed by atoms with Gasteiger partial charge in [0.25, 0.3) is 5.91 Å². The van der Waals surface area contributed by atoms with Crippen molar-refractivity contribution < 1.29 is 4.79 Å². The Morgan fingerprint density at radius 2 is 2.05 bits per heavy atom. The molecule has 0 unspecified atom stereocenters. The van der Waals surface area contributed by atoms with E-state index in [0.717, 1.165) is 0 Å². The number of hydrogen-bond acceptors (Lipinski definition) is 3. The SMILES string of the molecule is N#Cc1ccc(NC(=O)c2ccncc2Cl)c(Cl)c1. The van der Waals surface area contributed by atoms with Gasteiger partial charge >= 0.3 is 0 Å². The third kappa shape index (κ3) is 3.02. The van der Waals surface area contributed by atoms with E-state index in [1.807, 2.05) is 6.07 Å². The smallest absolute Gasteiger partial charge is 0.257 e. The predicted octanol–water partition coefficient (Wildman–Crippen LogP) is 3.51. The van der Waals surface area contributed by atoms with Crippen molar-refractivity contribution in [1.29, 1.82) is 5.26 Å². The zero-order valence-corrected chi connectivity index (χ0v) is 11.0. The Labute approximate surface area is 119 Å². The highest BCUT2D eigenvalue weighted by atomic mass is 35.5. The van der Waals surface area contributed by atoms with Gasteiger partial charge in [0.05, 0.1) is 32.9 Å². The summed E-state index contributed by atoms with van der Waals surface area (Å²) in [7, 11) is 0. The van der Waals surface area contributed by atoms with Gasteiger partial charge in [-0.05, 0) is 24.3 Å². The van der Waals surface area contributed by atoms with Gasteiger partial charge in [-0.3, -0.25) is 9.78 Å². The van der Waals surface area contributed by atoms with Crippen LogP contribution in [0, 0.1) is 11.3 Å². The lowest BCUT2D eigenvalue weighted by Crippen LogP contribution is -2.12. The Morgan fingerprint density at radius 1 is 1.26 bits per heavy atom. The maximum absolute atomic E-state index is 12.0. The third-order valence-electron chi connectivity index (χ3n) is 2.36. The zero-order valence-electron chi connectivity index (χ0n) is 9.52. The molecule has 94 valence electrons. The van der Waals surface area contributed by atoms with Gasteiger partial charge in [-0.15, -0.1) is 0 Å². The molecule has 1 amide bonds. The Hall–Kier alpha value is -2.09. The summed E-state index contributed by atoms with van der Waals surface area (Å²) in [6.07, 6.45) is 2.86. The normalized spacial score (nSPS) is 9.74. The fraction of sp³-hybridized carbons (Fsp3) is 0. The largest absolute Gasteiger partial charge is 0.321 e. The van der Waals surface area contributed by atoms with Gasteiger partial charge in [0.15, 0.2) is 0 Å². The van der Waals surface area contributed by atoms with Crippen LogP contribution in [0.25, 0.3) is 0 Å². The highest BCUT2D eigenvalue weighted by Gasteiger charge is 2.12. The summed E-state index contributed by atoms with van der Waals surface area (Å²) in [5.74, 6) is -0.390. The van der Waals surface area contributed by atoms with E-state index in [1.165, 1.54) is 24.5 Å². The minimum atomic E-state index is -0.390. The molecule has 0 saturated heterocycles. The second-order valence-electron chi connectivity index (χ2n) is 3.62. The number of amides is 1. The fourth-order valence-corrected chi connectivity index (χ4v) is 1.87. The number of halogens is 2. The second kappa shape index (κ2) is 5.70. The van der Waals surface area contributed by atoms with Crippen molar-refractivity contribution in [1.82, 2.24) is 4.98 Å². The molecule has 1 heterocycles. The van der Waals surface area contributed by atoms with Crippen LogP contribution in [0.1, 0.15) is 15.9 Å². The van der Waals surface area contributed by atoms with Gasteiger partial charge in [-0.2, -0.15) is 5.26 Å². The number of nitrogens with one attached hydrogen (secondary N) is 1. The average Bonchev–Trinajstić information content (AvgIpc) is 2.41. The van der Waals surface area contributed by atoms with Crippen LogP contribution in [0.15, 0.2) is 36.7 Å². The van der Waals surface area contributed by atoms with Gasteiger partial charge in [-0.25, -0.2) is 0 Å². The van der Waals surface area contributed by atoms with E-state index in [2.05, 4.69) is 10.3 Å². The summed E-state index contributed by atoms with van der Waals surface area (Å²) >= 11 is 11.8. The molecule has 1 aromatic carbocycles. The number of nitrogens with zero attached hydrogens (tertiary/aromatic N) is 2. The van der Waals surface area contributed by atoms with E-state index >= 15 is 0 Å². The summed E-state index contributed by atoms with van der Waals surface area (Å²) in [5.41, 5.74) is 1.14. The lowest BCUT2D eigenvalue weighted by Gasteiger charge is -2.08. The van der Waals surface area contributed by atoms with E-state index in [1.54, 1.807) is 12.1 Å². The standard InChI is InChI=1S/C13H7Cl2N3O/c14-10-5-8(6-16)1-2-12(10)18-13(19)9-3-4-17-7-11(9)15/h1-5,7H,(H,18,19). The molecule has 0 aliphatic heterocycles. The molecule has 0 atom stereocenters. The van der Waals surface area contributed by atoms with Crippen molar-refractivity contribution >= 4 is 34.8 Å². The number of pyridine rings is 1. The summed E-state index contributed by atoms with van der Waals surface area (Å²) < 4.78 is 0. The molecule has 0 radical (unpaired) electrons. The molecular formula is C13H7Cl2N3O. The Morgan fingerprint density at radius 3 is 2.68 bits per heavy atom. The number of anilines is 1. The fourth-order valence-electron chi connectivity index (χ4n) is 1.44. The summed E-state index contributed by atoms with van der Waals surface area (Å²) in [6, 6.07) is 8.08. The number of carbonyl (C=O) groups is 1. The highest BCUT2D eigenvalue weighted by molar-refractivity contribution is 6.35. The van der Waals surface area contributed by atoms with Crippen LogP contribution in [0.2, 0.25) is 10.0 Å². The summed E-state index contributed by atoms with van der Waals surface area (Å²) in [6.45, 7) is 0. The number of rotatable bonds is 2. The van der Waals surface area contributed by atoms with Crippen LogP contribution in [0.4, 0.5) is 5.69 Å². The Kier molecular flexibility index (Phi) is 4.00. The van der Waals surface area contributed by atoms with Crippen molar-refractivity contribution in [2.75, 3.05) is 5.32 Å². The van der Waals surface area contributed by atoms with E-state index in [-0.39, 0.29) is 16.0 Å². The lowest BCUT2D eigenvalue weighted by molar-refractivity contribution is 0.102. The average molecular weight is 292 g/mol. The minimum absolute atomic E-state index is 0.254. The van der Waals surface area contributed by atoms with Crippen LogP contribution in [0.5, 0.6) is 0 Å². The molecule has 0 saturated carbocycles. The molecule has 0 spiro atoms. The first-order valence-electron chi connectivity index (χ1n) is 5.22. The first-order chi connectivity index (χ1) is 9.11. The van der Waals surface area contributed by atoms with E-state index < -0.39 is 0 Å². The number of nitriles is 1. The topological polar surface area (TPSA) is 65.8 Å². The third-order valence-corrected chi connectivity index (χ3v) is 2.98.